The number of aryl methyl sites for hydroxylation is 1. The van der Waals surface area contributed by atoms with Crippen LogP contribution in [0.3, 0.4) is 0 Å². The smallest absolute Gasteiger partial charge is 0.339 e. The first kappa shape index (κ1) is 17.8. The van der Waals surface area contributed by atoms with Gasteiger partial charge in [-0.2, -0.15) is 0 Å². The number of carbonyl (C=O) groups excluding carboxylic acids is 1. The van der Waals surface area contributed by atoms with E-state index in [9.17, 15) is 9.59 Å². The minimum absolute atomic E-state index is 0.114. The molecule has 0 N–H and O–H groups in total. The number of nitrogens with zero attached hydrogens (tertiary/aromatic N) is 5. The maximum absolute atomic E-state index is 12.8. The zero-order valence-electron chi connectivity index (χ0n) is 15.0. The van der Waals surface area contributed by atoms with Crippen LogP contribution in [0.15, 0.2) is 46.6 Å². The number of fused-ring (bicyclic) bond motifs is 4. The first-order valence-corrected chi connectivity index (χ1v) is 9.83. The average Bonchev–Trinajstić information content (AvgIpc) is 3.36. The molecule has 144 valence electrons. The lowest BCUT2D eigenvalue weighted by molar-refractivity contribution is 0.0463. The Bertz CT molecular complexity index is 1490. The van der Waals surface area contributed by atoms with Crippen molar-refractivity contribution in [3.63, 3.8) is 0 Å². The zero-order valence-corrected chi connectivity index (χ0v) is 16.6. The molecule has 0 aliphatic rings. The van der Waals surface area contributed by atoms with Crippen molar-refractivity contribution in [2.75, 3.05) is 0 Å². The number of aromatic nitrogens is 5. The molecular formula is C19H12ClN5O3S. The Morgan fingerprint density at radius 1 is 1.24 bits per heavy atom. The van der Waals surface area contributed by atoms with E-state index in [1.165, 1.54) is 22.0 Å². The molecule has 0 aliphatic carbocycles. The normalized spacial score (nSPS) is 11.5. The lowest BCUT2D eigenvalue weighted by Crippen LogP contribution is -2.19. The van der Waals surface area contributed by atoms with Crippen LogP contribution in [0.25, 0.3) is 26.9 Å². The number of hydrogen-bond donors (Lipinski definition) is 0. The second-order valence-corrected chi connectivity index (χ2v) is 7.64. The number of thiophene rings is 1. The van der Waals surface area contributed by atoms with Gasteiger partial charge in [0.25, 0.3) is 5.56 Å². The van der Waals surface area contributed by atoms with E-state index < -0.39 is 5.97 Å². The molecule has 0 saturated heterocycles. The Labute approximate surface area is 172 Å². The van der Waals surface area contributed by atoms with Crippen LogP contribution in [0.5, 0.6) is 0 Å². The van der Waals surface area contributed by atoms with E-state index in [2.05, 4.69) is 15.2 Å². The van der Waals surface area contributed by atoms with Crippen LogP contribution >= 0.6 is 22.9 Å². The predicted molar refractivity (Wildman–Crippen MR) is 109 cm³/mol. The summed E-state index contributed by atoms with van der Waals surface area (Å²) in [4.78, 5) is 29.4. The van der Waals surface area contributed by atoms with E-state index >= 15 is 0 Å². The van der Waals surface area contributed by atoms with Gasteiger partial charge in [0.1, 0.15) is 9.85 Å². The highest BCUT2D eigenvalue weighted by molar-refractivity contribution is 7.17. The van der Waals surface area contributed by atoms with Gasteiger partial charge >= 0.3 is 5.97 Å². The molecule has 8 nitrogen and oxygen atoms in total. The summed E-state index contributed by atoms with van der Waals surface area (Å²) in [5, 5.41) is 10.9. The van der Waals surface area contributed by atoms with Gasteiger partial charge in [-0.1, -0.05) is 29.8 Å². The van der Waals surface area contributed by atoms with Gasteiger partial charge in [-0.05, 0) is 23.6 Å². The number of halogens is 1. The molecule has 0 saturated carbocycles. The third-order valence-corrected chi connectivity index (χ3v) is 5.72. The number of carbonyl (C=O) groups is 1. The number of hydrogen-bond acceptors (Lipinski definition) is 7. The van der Waals surface area contributed by atoms with Gasteiger partial charge in [0.2, 0.25) is 5.78 Å². The Kier molecular flexibility index (Phi) is 4.07. The third-order valence-electron chi connectivity index (χ3n) is 4.63. The Balaban J connectivity index is 1.54. The molecule has 0 amide bonds. The summed E-state index contributed by atoms with van der Waals surface area (Å²) in [5.41, 5.74) is 1.47. The van der Waals surface area contributed by atoms with Gasteiger partial charge < -0.3 is 4.74 Å². The van der Waals surface area contributed by atoms with Gasteiger partial charge in [0, 0.05) is 12.4 Å². The fourth-order valence-corrected chi connectivity index (χ4v) is 4.32. The molecule has 0 radical (unpaired) electrons. The summed E-state index contributed by atoms with van der Waals surface area (Å²) in [5.74, 6) is 0.245. The van der Waals surface area contributed by atoms with E-state index in [1.807, 2.05) is 23.6 Å². The number of pyridine rings is 1. The minimum Gasteiger partial charge on any atom is -0.454 e. The third kappa shape index (κ3) is 2.78. The minimum atomic E-state index is -0.548. The lowest BCUT2D eigenvalue weighted by atomic mass is 10.1. The topological polar surface area (TPSA) is 91.4 Å². The monoisotopic (exact) mass is 425 g/mol. The molecule has 0 bridgehead atoms. The SMILES string of the molecule is Cn1c(=O)c2sccc2n2c(COC(=O)c3cc(Cl)nc4ccccc34)nnc12. The van der Waals surface area contributed by atoms with Gasteiger partial charge in [-0.3, -0.25) is 13.8 Å². The highest BCUT2D eigenvalue weighted by Crippen LogP contribution is 2.23. The van der Waals surface area contributed by atoms with E-state index in [0.717, 1.165) is 0 Å². The van der Waals surface area contributed by atoms with Crippen molar-refractivity contribution in [1.29, 1.82) is 0 Å². The average molecular weight is 426 g/mol. The van der Waals surface area contributed by atoms with Crippen LogP contribution in [-0.4, -0.2) is 30.1 Å². The second-order valence-electron chi connectivity index (χ2n) is 6.34. The van der Waals surface area contributed by atoms with Gasteiger partial charge in [0.15, 0.2) is 12.4 Å². The van der Waals surface area contributed by atoms with Crippen LogP contribution < -0.4 is 5.56 Å². The van der Waals surface area contributed by atoms with Crippen molar-refractivity contribution >= 4 is 55.8 Å². The fourth-order valence-electron chi connectivity index (χ4n) is 3.27. The number of ether oxygens (including phenoxy) is 1. The lowest BCUT2D eigenvalue weighted by Gasteiger charge is -2.08. The summed E-state index contributed by atoms with van der Waals surface area (Å²) in [6.07, 6.45) is 0. The molecule has 10 heteroatoms. The molecule has 29 heavy (non-hydrogen) atoms. The zero-order chi connectivity index (χ0) is 20.1. The number of esters is 1. The van der Waals surface area contributed by atoms with Gasteiger partial charge in [-0.25, -0.2) is 9.78 Å². The summed E-state index contributed by atoms with van der Waals surface area (Å²) < 4.78 is 9.23. The molecule has 0 fully saturated rings. The molecular weight excluding hydrogens is 414 g/mol. The van der Waals surface area contributed by atoms with E-state index in [-0.39, 0.29) is 17.3 Å². The quantitative estimate of drug-likeness (QED) is 0.325. The molecule has 1 aromatic carbocycles. The van der Waals surface area contributed by atoms with Crippen LogP contribution in [0.1, 0.15) is 16.2 Å². The van der Waals surface area contributed by atoms with Crippen LogP contribution in [0.4, 0.5) is 0 Å². The first-order chi connectivity index (χ1) is 14.0. The second kappa shape index (κ2) is 6.64. The Morgan fingerprint density at radius 3 is 2.93 bits per heavy atom. The van der Waals surface area contributed by atoms with E-state index in [4.69, 9.17) is 16.3 Å². The highest BCUT2D eigenvalue weighted by Gasteiger charge is 2.18. The van der Waals surface area contributed by atoms with E-state index in [0.29, 0.717) is 38.3 Å². The molecule has 5 aromatic rings. The maximum Gasteiger partial charge on any atom is 0.339 e. The van der Waals surface area contributed by atoms with E-state index in [1.54, 1.807) is 23.6 Å². The highest BCUT2D eigenvalue weighted by atomic mass is 35.5. The van der Waals surface area contributed by atoms with Crippen LogP contribution in [0.2, 0.25) is 5.15 Å². The molecule has 0 spiro atoms. The fraction of sp³-hybridized carbons (Fsp3) is 0.105. The standard InChI is InChI=1S/C19H12ClN5O3S/c1-24-17(26)16-13(6-7-29-16)25-15(22-23-19(24)25)9-28-18(27)11-8-14(20)21-12-5-3-2-4-10(11)12/h2-8H,9H2,1H3. The number of para-hydroxylation sites is 1. The Morgan fingerprint density at radius 2 is 2.07 bits per heavy atom. The molecule has 4 heterocycles. The van der Waals surface area contributed by atoms with Gasteiger partial charge in [-0.15, -0.1) is 21.5 Å². The molecule has 4 aromatic heterocycles. The Hall–Kier alpha value is -3.30. The van der Waals surface area contributed by atoms with Gasteiger partial charge in [0.05, 0.1) is 16.6 Å². The number of rotatable bonds is 3. The predicted octanol–water partition coefficient (Wildman–Crippen LogP) is 3.20. The molecule has 5 rings (SSSR count). The molecule has 0 aliphatic heterocycles. The van der Waals surface area contributed by atoms with Crippen LogP contribution in [-0.2, 0) is 18.4 Å². The summed E-state index contributed by atoms with van der Waals surface area (Å²) in [7, 11) is 1.63. The van der Waals surface area contributed by atoms with Crippen molar-refractivity contribution in [3.05, 3.63) is 68.7 Å². The summed E-state index contributed by atoms with van der Waals surface area (Å²) in [6.45, 7) is -0.114. The van der Waals surface area contributed by atoms with Crippen molar-refractivity contribution in [2.45, 2.75) is 6.61 Å². The van der Waals surface area contributed by atoms with Crippen molar-refractivity contribution in [1.82, 2.24) is 24.1 Å². The summed E-state index contributed by atoms with van der Waals surface area (Å²) >= 11 is 7.39. The molecule has 0 unspecified atom stereocenters. The van der Waals surface area contributed by atoms with Crippen molar-refractivity contribution in [3.8, 4) is 0 Å². The molecule has 0 atom stereocenters. The van der Waals surface area contributed by atoms with Crippen LogP contribution in [0, 0.1) is 0 Å². The van der Waals surface area contributed by atoms with Crippen molar-refractivity contribution in [2.24, 2.45) is 7.05 Å². The maximum atomic E-state index is 12.8. The van der Waals surface area contributed by atoms with Crippen molar-refractivity contribution < 1.29 is 9.53 Å². The largest absolute Gasteiger partial charge is 0.454 e. The number of benzene rings is 1. The summed E-state index contributed by atoms with van der Waals surface area (Å²) in [6, 6.07) is 10.5. The first-order valence-electron chi connectivity index (χ1n) is 8.57.